The number of amides is 1. The lowest BCUT2D eigenvalue weighted by atomic mass is 10.1. The molecule has 0 radical (unpaired) electrons. The predicted octanol–water partition coefficient (Wildman–Crippen LogP) is 5.28. The lowest BCUT2D eigenvalue weighted by molar-refractivity contribution is -0.242. The summed E-state index contributed by atoms with van der Waals surface area (Å²) in [5.41, 5.74) is 5.71. The average Bonchev–Trinajstić information content (AvgIpc) is 3.32. The molecule has 5 aromatic rings. The Bertz CT molecular complexity index is 1520. The van der Waals surface area contributed by atoms with E-state index < -0.39 is 6.09 Å². The Balaban J connectivity index is 1.58. The van der Waals surface area contributed by atoms with Gasteiger partial charge in [0, 0.05) is 23.6 Å². The number of hydrogen-bond acceptors (Lipinski definition) is 5. The first-order valence-corrected chi connectivity index (χ1v) is 11.3. The highest BCUT2D eigenvalue weighted by molar-refractivity contribution is 9.10. The Morgan fingerprint density at radius 1 is 1.21 bits per heavy atom. The van der Waals surface area contributed by atoms with E-state index in [1.165, 1.54) is 0 Å². The second-order valence-electron chi connectivity index (χ2n) is 7.80. The number of anilines is 1. The second-order valence-corrected chi connectivity index (χ2v) is 8.59. The number of aromatic nitrogens is 3. The summed E-state index contributed by atoms with van der Waals surface area (Å²) in [4.78, 5) is 20.5. The van der Waals surface area contributed by atoms with Crippen LogP contribution in [0.3, 0.4) is 0 Å². The van der Waals surface area contributed by atoms with Crippen molar-refractivity contribution in [2.24, 2.45) is 0 Å². The molecular formula is C25H20BrN4O3-. The number of benzene rings is 2. The fourth-order valence-electron chi connectivity index (χ4n) is 4.09. The molecule has 0 aliphatic rings. The Kier molecular flexibility index (Phi) is 5.38. The van der Waals surface area contributed by atoms with Gasteiger partial charge in [0.2, 0.25) is 0 Å². The molecule has 1 amide bonds. The number of carboxylic acid groups (broad SMARTS) is 1. The lowest BCUT2D eigenvalue weighted by Crippen LogP contribution is -2.28. The van der Waals surface area contributed by atoms with Gasteiger partial charge in [-0.15, -0.1) is 0 Å². The van der Waals surface area contributed by atoms with E-state index in [4.69, 9.17) is 9.40 Å². The van der Waals surface area contributed by atoms with Gasteiger partial charge >= 0.3 is 0 Å². The monoisotopic (exact) mass is 503 g/mol. The molecule has 3 heterocycles. The molecule has 0 spiro atoms. The van der Waals surface area contributed by atoms with Gasteiger partial charge in [0.05, 0.1) is 16.7 Å². The van der Waals surface area contributed by atoms with Crippen LogP contribution in [0.1, 0.15) is 23.9 Å². The smallest absolute Gasteiger partial charge is 0.160 e. The Morgan fingerprint density at radius 2 is 2.03 bits per heavy atom. The van der Waals surface area contributed by atoms with E-state index >= 15 is 0 Å². The Morgan fingerprint density at radius 3 is 2.82 bits per heavy atom. The van der Waals surface area contributed by atoms with Crippen LogP contribution in [0.5, 0.6) is 0 Å². The summed E-state index contributed by atoms with van der Waals surface area (Å²) < 4.78 is 9.00. The minimum Gasteiger partial charge on any atom is -0.530 e. The number of pyridine rings is 1. The predicted molar refractivity (Wildman–Crippen MR) is 129 cm³/mol. The number of halogens is 1. The fraction of sp³-hybridized carbons (Fsp3) is 0.160. The molecule has 8 heteroatoms. The number of hydrogen-bond donors (Lipinski definition) is 1. The van der Waals surface area contributed by atoms with Crippen LogP contribution in [-0.2, 0) is 13.0 Å². The Labute approximate surface area is 198 Å². The van der Waals surface area contributed by atoms with Gasteiger partial charge in [0.15, 0.2) is 11.4 Å². The van der Waals surface area contributed by atoms with Crippen molar-refractivity contribution in [1.82, 2.24) is 14.5 Å². The van der Waals surface area contributed by atoms with Gasteiger partial charge in [-0.25, -0.2) is 9.97 Å². The van der Waals surface area contributed by atoms with E-state index in [1.54, 1.807) is 18.2 Å². The molecule has 7 nitrogen and oxygen atoms in total. The number of rotatable bonds is 5. The van der Waals surface area contributed by atoms with Crippen LogP contribution in [0.15, 0.2) is 63.6 Å². The normalized spacial score (nSPS) is 11.4. The van der Waals surface area contributed by atoms with Crippen molar-refractivity contribution in [3.8, 4) is 11.3 Å². The number of aryl methyl sites for hydroxylation is 2. The summed E-state index contributed by atoms with van der Waals surface area (Å²) in [5, 5.41) is 14.3. The summed E-state index contributed by atoms with van der Waals surface area (Å²) in [6.45, 7) is 4.76. The van der Waals surface area contributed by atoms with Gasteiger partial charge in [-0.05, 0) is 64.3 Å². The lowest BCUT2D eigenvalue weighted by Gasteiger charge is -2.10. The zero-order valence-electron chi connectivity index (χ0n) is 18.1. The third-order valence-corrected chi connectivity index (χ3v) is 6.46. The molecule has 0 unspecified atom stereocenters. The number of para-hydroxylation sites is 1. The molecule has 3 aromatic heterocycles. The van der Waals surface area contributed by atoms with Crippen LogP contribution in [0.25, 0.3) is 33.5 Å². The third kappa shape index (κ3) is 3.76. The molecule has 0 fully saturated rings. The molecule has 0 aliphatic carbocycles. The van der Waals surface area contributed by atoms with E-state index in [0.29, 0.717) is 29.1 Å². The SMILES string of the molecule is CCc1nc2c(C)ccnc2n1Cc1ccc2oc(-c3ccccc3NC(=O)[O-])c(Br)c2c1. The van der Waals surface area contributed by atoms with Crippen LogP contribution in [-0.4, -0.2) is 20.6 Å². The minimum absolute atomic E-state index is 0.399. The molecule has 166 valence electrons. The van der Waals surface area contributed by atoms with Crippen molar-refractivity contribution in [1.29, 1.82) is 0 Å². The maximum Gasteiger partial charge on any atom is 0.160 e. The summed E-state index contributed by atoms with van der Waals surface area (Å²) in [6.07, 6.45) is 1.25. The van der Waals surface area contributed by atoms with Crippen molar-refractivity contribution in [2.75, 3.05) is 5.32 Å². The highest BCUT2D eigenvalue weighted by Crippen LogP contribution is 2.41. The fourth-order valence-corrected chi connectivity index (χ4v) is 4.69. The molecule has 0 bridgehead atoms. The molecule has 0 atom stereocenters. The van der Waals surface area contributed by atoms with Crippen LogP contribution in [0.4, 0.5) is 10.5 Å². The van der Waals surface area contributed by atoms with E-state index in [1.807, 2.05) is 37.4 Å². The number of carbonyl (C=O) groups excluding carboxylic acids is 1. The van der Waals surface area contributed by atoms with Gasteiger partial charge in [0.1, 0.15) is 23.0 Å². The number of carbonyl (C=O) groups is 1. The van der Waals surface area contributed by atoms with Crippen molar-refractivity contribution in [2.45, 2.75) is 26.8 Å². The number of fused-ring (bicyclic) bond motifs is 2. The first-order chi connectivity index (χ1) is 16.0. The van der Waals surface area contributed by atoms with Gasteiger partial charge in [0.25, 0.3) is 0 Å². The van der Waals surface area contributed by atoms with Crippen molar-refractivity contribution in [3.05, 3.63) is 76.2 Å². The van der Waals surface area contributed by atoms with Crippen LogP contribution in [0.2, 0.25) is 0 Å². The van der Waals surface area contributed by atoms with E-state index in [9.17, 15) is 9.90 Å². The first kappa shape index (κ1) is 21.2. The average molecular weight is 504 g/mol. The van der Waals surface area contributed by atoms with Crippen molar-refractivity contribution < 1.29 is 14.3 Å². The third-order valence-electron chi connectivity index (χ3n) is 5.67. The van der Waals surface area contributed by atoms with Crippen molar-refractivity contribution in [3.63, 3.8) is 0 Å². The molecule has 2 aromatic carbocycles. The van der Waals surface area contributed by atoms with Crippen LogP contribution in [0, 0.1) is 6.92 Å². The van der Waals surface area contributed by atoms with Crippen molar-refractivity contribution >= 4 is 49.8 Å². The van der Waals surface area contributed by atoms with Gasteiger partial charge in [-0.3, -0.25) is 0 Å². The molecule has 0 aliphatic heterocycles. The van der Waals surface area contributed by atoms with E-state index in [2.05, 4.69) is 43.8 Å². The van der Waals surface area contributed by atoms with Gasteiger partial charge in [-0.1, -0.05) is 25.1 Å². The zero-order chi connectivity index (χ0) is 23.1. The van der Waals surface area contributed by atoms with Crippen LogP contribution >= 0.6 is 15.9 Å². The highest BCUT2D eigenvalue weighted by atomic mass is 79.9. The zero-order valence-corrected chi connectivity index (χ0v) is 19.6. The van der Waals surface area contributed by atoms with Crippen LogP contribution < -0.4 is 10.4 Å². The van der Waals surface area contributed by atoms with E-state index in [0.717, 1.165) is 44.4 Å². The topological polar surface area (TPSA) is 96.0 Å². The standard InChI is InChI=1S/C25H21BrN4O3/c1-3-20-29-22-14(2)10-11-27-24(22)30(20)13-15-8-9-19-17(12-15)21(26)23(33-19)16-6-4-5-7-18(16)28-25(31)32/h4-12,28H,3,13H2,1-2H3,(H,31,32)/p-1. The maximum atomic E-state index is 11.1. The van der Waals surface area contributed by atoms with E-state index in [-0.39, 0.29) is 0 Å². The molecule has 1 N–H and O–H groups in total. The molecule has 33 heavy (non-hydrogen) atoms. The quantitative estimate of drug-likeness (QED) is 0.351. The molecule has 5 rings (SSSR count). The largest absolute Gasteiger partial charge is 0.530 e. The molecular weight excluding hydrogens is 484 g/mol. The number of nitrogens with zero attached hydrogens (tertiary/aromatic N) is 3. The summed E-state index contributed by atoms with van der Waals surface area (Å²) in [6, 6.07) is 15.0. The summed E-state index contributed by atoms with van der Waals surface area (Å²) in [5.74, 6) is 1.53. The maximum absolute atomic E-state index is 11.1. The van der Waals surface area contributed by atoms with Gasteiger partial charge in [-0.2, -0.15) is 0 Å². The number of imidazole rings is 1. The molecule has 0 saturated heterocycles. The Hall–Kier alpha value is -3.65. The highest BCUT2D eigenvalue weighted by Gasteiger charge is 2.18. The summed E-state index contributed by atoms with van der Waals surface area (Å²) in [7, 11) is 0. The number of furan rings is 1. The number of nitrogens with one attached hydrogen (secondary N) is 1. The second kappa shape index (κ2) is 8.37. The molecule has 0 saturated carbocycles. The summed E-state index contributed by atoms with van der Waals surface area (Å²) >= 11 is 3.66. The minimum atomic E-state index is -1.37. The first-order valence-electron chi connectivity index (χ1n) is 10.5. The van der Waals surface area contributed by atoms with Gasteiger partial charge < -0.3 is 24.2 Å².